The Hall–Kier alpha value is -5.13. The van der Waals surface area contributed by atoms with E-state index in [9.17, 15) is 14.7 Å². The van der Waals surface area contributed by atoms with Gasteiger partial charge in [0.15, 0.2) is 0 Å². The van der Waals surface area contributed by atoms with Crippen molar-refractivity contribution in [3.8, 4) is 16.3 Å². The van der Waals surface area contributed by atoms with E-state index >= 15 is 0 Å². The number of benzene rings is 2. The average Bonchev–Trinajstić information content (AvgIpc) is 3.83. The zero-order valence-electron chi connectivity index (χ0n) is 28.6. The van der Waals surface area contributed by atoms with Crippen molar-refractivity contribution in [1.82, 2.24) is 29.2 Å². The van der Waals surface area contributed by atoms with Crippen molar-refractivity contribution >= 4 is 29.4 Å². The first-order valence-electron chi connectivity index (χ1n) is 17.6. The first-order valence-corrected chi connectivity index (χ1v) is 18.4. The summed E-state index contributed by atoms with van der Waals surface area (Å²) in [5.41, 5.74) is 3.94. The molecule has 3 aromatic heterocycles. The summed E-state index contributed by atoms with van der Waals surface area (Å²) in [7, 11) is 0. The van der Waals surface area contributed by atoms with Crippen molar-refractivity contribution < 1.29 is 14.7 Å². The number of rotatable bonds is 7. The van der Waals surface area contributed by atoms with Crippen LogP contribution in [-0.2, 0) is 4.79 Å². The van der Waals surface area contributed by atoms with Crippen LogP contribution in [0.2, 0.25) is 0 Å². The van der Waals surface area contributed by atoms with Crippen LogP contribution in [-0.4, -0.2) is 91.1 Å². The van der Waals surface area contributed by atoms with Gasteiger partial charge in [-0.3, -0.25) is 14.6 Å². The van der Waals surface area contributed by atoms with E-state index in [0.717, 1.165) is 38.2 Å². The van der Waals surface area contributed by atoms with Crippen molar-refractivity contribution in [2.45, 2.75) is 37.7 Å². The Morgan fingerprint density at radius 2 is 1.67 bits per heavy atom. The predicted molar refractivity (Wildman–Crippen MR) is 197 cm³/mol. The smallest absolute Gasteiger partial charge is 0.265 e. The number of para-hydroxylation sites is 1. The lowest BCUT2D eigenvalue weighted by molar-refractivity contribution is -0.142. The Bertz CT molecular complexity index is 2140. The Morgan fingerprint density at radius 1 is 0.902 bits per heavy atom. The van der Waals surface area contributed by atoms with Gasteiger partial charge in [0.25, 0.3) is 5.91 Å². The fraction of sp³-hybridized carbons (Fsp3) is 0.325. The van der Waals surface area contributed by atoms with E-state index in [1.54, 1.807) is 12.4 Å². The number of β-amino-alcohol motifs (C(OH)–C–C–N with tert-alkyl or cyclic N) is 1. The molecular formula is C40H41N7O3S. The minimum Gasteiger partial charge on any atom is -0.388 e. The second kappa shape index (κ2) is 13.9. The summed E-state index contributed by atoms with van der Waals surface area (Å²) >= 11 is 1.38. The van der Waals surface area contributed by atoms with Crippen LogP contribution in [0.3, 0.4) is 0 Å². The average molecular weight is 700 g/mol. The van der Waals surface area contributed by atoms with Gasteiger partial charge in [-0.2, -0.15) is 0 Å². The van der Waals surface area contributed by atoms with Crippen molar-refractivity contribution in [3.63, 3.8) is 0 Å². The quantitative estimate of drug-likeness (QED) is 0.273. The van der Waals surface area contributed by atoms with Crippen LogP contribution in [0.25, 0.3) is 22.5 Å². The molecule has 8 rings (SSSR count). The highest BCUT2D eigenvalue weighted by Crippen LogP contribution is 2.37. The summed E-state index contributed by atoms with van der Waals surface area (Å²) in [5, 5.41) is 13.5. The summed E-state index contributed by atoms with van der Waals surface area (Å²) in [6.07, 6.45) is 9.13. The highest BCUT2D eigenvalue weighted by molar-refractivity contribution is 7.16. The maximum atomic E-state index is 14.2. The second-order valence-electron chi connectivity index (χ2n) is 13.9. The Kier molecular flexibility index (Phi) is 8.99. The summed E-state index contributed by atoms with van der Waals surface area (Å²) in [5.74, 6) is -0.331. The Balaban J connectivity index is 0.921. The van der Waals surface area contributed by atoms with E-state index in [-0.39, 0.29) is 23.7 Å². The molecular weight excluding hydrogens is 659 g/mol. The van der Waals surface area contributed by atoms with E-state index < -0.39 is 5.60 Å². The molecule has 0 unspecified atom stereocenters. The standard InChI is InChI=1S/C40H41N7O3S/c1-28-12-13-30(22-41-28)37-42-23-35(51-37)39(49)46-18-15-33(34(25-46)29-8-4-2-5-9-29)38(48)45-20-16-40(50,17-21-45)26-44-24-31-14-19-47(36(31)43-27-44)32-10-6-3-7-11-32/h2-14,19,22-24,33-34,50H,15-18,20-21,25-27H2,1H3/t33-,34+/m1/s1. The first kappa shape index (κ1) is 33.0. The number of piperidine rings is 2. The van der Waals surface area contributed by atoms with Gasteiger partial charge < -0.3 is 24.4 Å². The zero-order valence-corrected chi connectivity index (χ0v) is 29.5. The molecule has 3 aliphatic rings. The molecule has 11 heteroatoms. The summed E-state index contributed by atoms with van der Waals surface area (Å²) < 4.78 is 2.09. The molecule has 2 aromatic carbocycles. The van der Waals surface area contributed by atoms with E-state index in [1.807, 2.05) is 71.5 Å². The van der Waals surface area contributed by atoms with Crippen LogP contribution in [0.1, 0.15) is 46.1 Å². The number of carbonyl (C=O) groups excluding carboxylic acids is 2. The van der Waals surface area contributed by atoms with E-state index in [1.165, 1.54) is 11.3 Å². The van der Waals surface area contributed by atoms with E-state index in [0.29, 0.717) is 63.5 Å². The van der Waals surface area contributed by atoms with Crippen LogP contribution < -0.4 is 10.7 Å². The highest BCUT2D eigenvalue weighted by Gasteiger charge is 2.42. The number of fused-ring (bicyclic) bond motifs is 1. The molecule has 10 nitrogen and oxygen atoms in total. The summed E-state index contributed by atoms with van der Waals surface area (Å²) in [6, 6.07) is 26.2. The number of aromatic nitrogens is 3. The van der Waals surface area contributed by atoms with Crippen molar-refractivity contribution in [1.29, 1.82) is 0 Å². The lowest BCUT2D eigenvalue weighted by atomic mass is 9.79. The van der Waals surface area contributed by atoms with Crippen LogP contribution in [0, 0.1) is 12.8 Å². The molecule has 0 spiro atoms. The number of nitrogens with zero attached hydrogens (tertiary/aromatic N) is 7. The van der Waals surface area contributed by atoms with Gasteiger partial charge in [-0.1, -0.05) is 48.5 Å². The number of aryl methyl sites for hydroxylation is 1. The van der Waals surface area contributed by atoms with Gasteiger partial charge in [-0.15, -0.1) is 11.3 Å². The summed E-state index contributed by atoms with van der Waals surface area (Å²) in [4.78, 5) is 48.2. The van der Waals surface area contributed by atoms with Crippen LogP contribution in [0.5, 0.6) is 0 Å². The molecule has 3 aliphatic heterocycles. The Labute approximate surface area is 301 Å². The largest absolute Gasteiger partial charge is 0.388 e. The van der Waals surface area contributed by atoms with Gasteiger partial charge in [0.1, 0.15) is 22.0 Å². The maximum Gasteiger partial charge on any atom is 0.265 e. The molecule has 2 amide bonds. The molecule has 260 valence electrons. The number of hydrogen-bond donors (Lipinski definition) is 1. The number of pyridine rings is 1. The molecule has 2 atom stereocenters. The summed E-state index contributed by atoms with van der Waals surface area (Å²) in [6.45, 7) is 4.81. The monoisotopic (exact) mass is 699 g/mol. The lowest BCUT2D eigenvalue weighted by Crippen LogP contribution is -2.55. The molecule has 1 N–H and O–H groups in total. The van der Waals surface area contributed by atoms with Gasteiger partial charge in [-0.25, -0.2) is 9.98 Å². The highest BCUT2D eigenvalue weighted by atomic mass is 32.1. The molecule has 0 radical (unpaired) electrons. The topological polar surface area (TPSA) is 107 Å². The van der Waals surface area contributed by atoms with Crippen LogP contribution in [0.15, 0.2) is 102 Å². The number of amides is 2. The molecule has 0 aliphatic carbocycles. The fourth-order valence-electron chi connectivity index (χ4n) is 7.64. The second-order valence-corrected chi connectivity index (χ2v) is 14.9. The lowest BCUT2D eigenvalue weighted by Gasteiger charge is -2.44. The molecule has 2 fully saturated rings. The molecule has 5 aromatic rings. The predicted octanol–water partition coefficient (Wildman–Crippen LogP) is 4.23. The van der Waals surface area contributed by atoms with Gasteiger partial charge in [0.2, 0.25) is 5.91 Å². The third-order valence-electron chi connectivity index (χ3n) is 10.5. The maximum absolute atomic E-state index is 14.2. The zero-order chi connectivity index (χ0) is 35.0. The third kappa shape index (κ3) is 6.83. The van der Waals surface area contributed by atoms with Crippen LogP contribution >= 0.6 is 11.3 Å². The van der Waals surface area contributed by atoms with Crippen molar-refractivity contribution in [2.24, 2.45) is 10.9 Å². The normalized spacial score (nSPS) is 19.9. The van der Waals surface area contributed by atoms with Crippen LogP contribution in [0.4, 0.5) is 0 Å². The number of hydrogen-bond acceptors (Lipinski definition) is 8. The van der Waals surface area contributed by atoms with E-state index in [4.69, 9.17) is 4.99 Å². The molecule has 0 saturated carbocycles. The minimum atomic E-state index is -0.918. The number of carbonyl (C=O) groups is 2. The van der Waals surface area contributed by atoms with Crippen molar-refractivity contribution in [2.75, 3.05) is 39.4 Å². The van der Waals surface area contributed by atoms with Gasteiger partial charge in [-0.05, 0) is 62.1 Å². The molecule has 6 heterocycles. The molecule has 0 bridgehead atoms. The third-order valence-corrected chi connectivity index (χ3v) is 11.5. The van der Waals surface area contributed by atoms with E-state index in [2.05, 4.69) is 56.0 Å². The number of aliphatic hydroxyl groups is 1. The van der Waals surface area contributed by atoms with Gasteiger partial charge in [0, 0.05) is 85.3 Å². The number of likely N-dealkylation sites (tertiary alicyclic amines) is 2. The van der Waals surface area contributed by atoms with Crippen molar-refractivity contribution in [3.05, 3.63) is 124 Å². The minimum absolute atomic E-state index is 0.0568. The molecule has 51 heavy (non-hydrogen) atoms. The SMILES string of the molecule is Cc1ccc(-c2ncc(C(=O)N3CC[C@@H](C(=O)N4CCC(O)(CN5C=c6ccn(-c7ccccc7)c6=NC5)CC4)[C@H](c4ccccc4)C3)s2)cn1. The number of thiazole rings is 1. The van der Waals surface area contributed by atoms with Gasteiger partial charge >= 0.3 is 0 Å². The Morgan fingerprint density at radius 3 is 2.41 bits per heavy atom. The van der Waals surface area contributed by atoms with Gasteiger partial charge in [0.05, 0.1) is 11.8 Å². The first-order chi connectivity index (χ1) is 24.8. The fourth-order valence-corrected chi connectivity index (χ4v) is 8.51. The molecule has 2 saturated heterocycles.